The van der Waals surface area contributed by atoms with Gasteiger partial charge in [0, 0.05) is 25.0 Å². The molecule has 2 aromatic rings. The summed E-state index contributed by atoms with van der Waals surface area (Å²) in [6.07, 6.45) is 0. The molecule has 142 valence electrons. The Hall–Kier alpha value is -2.49. The summed E-state index contributed by atoms with van der Waals surface area (Å²) in [5.41, 5.74) is 0. The van der Waals surface area contributed by atoms with E-state index in [1.165, 1.54) is 9.21 Å². The molecule has 9 heteroatoms. The summed E-state index contributed by atoms with van der Waals surface area (Å²) in [5, 5.41) is 13.1. The van der Waals surface area contributed by atoms with Gasteiger partial charge in [0.2, 0.25) is 21.8 Å². The van der Waals surface area contributed by atoms with Gasteiger partial charge in [0.25, 0.3) is 0 Å². The largest absolute Gasteiger partial charge is 0.394 e. The average Bonchev–Trinajstić information content (AvgIpc) is 2.69. The summed E-state index contributed by atoms with van der Waals surface area (Å²) in [4.78, 5) is 26.2. The number of carbonyl (C=O) groups is 2. The first-order chi connectivity index (χ1) is 12.9. The van der Waals surface area contributed by atoms with Crippen molar-refractivity contribution in [3.8, 4) is 0 Å². The maximum atomic E-state index is 13.2. The monoisotopic (exact) mass is 389 g/mol. The Bertz CT molecular complexity index is 1020. The summed E-state index contributed by atoms with van der Waals surface area (Å²) in [6, 6.07) is 10.4. The maximum Gasteiger partial charge on any atom is 0.248 e. The van der Waals surface area contributed by atoms with Gasteiger partial charge in [-0.2, -0.15) is 4.31 Å². The van der Waals surface area contributed by atoms with Crippen molar-refractivity contribution in [3.05, 3.63) is 42.5 Å². The number of carbonyl (C=O) groups excluding carboxylic acids is 2. The standard InChI is InChI=1S/C18H19N3O5S/c22-11-14-18(24)21-9-8-20(10-15(21)17(23)19-14)27(25,26)16-7-3-5-12-4-1-2-6-13(12)16/h1-7,14-15,22H,8-11H2,(H,19,23)/t14-,15+/m0/s1. The first-order valence-electron chi connectivity index (χ1n) is 8.63. The number of nitrogens with one attached hydrogen (secondary N) is 1. The van der Waals surface area contributed by atoms with Crippen molar-refractivity contribution in [1.82, 2.24) is 14.5 Å². The molecule has 0 radical (unpaired) electrons. The van der Waals surface area contributed by atoms with Gasteiger partial charge < -0.3 is 15.3 Å². The number of benzene rings is 2. The van der Waals surface area contributed by atoms with E-state index >= 15 is 0 Å². The highest BCUT2D eigenvalue weighted by Gasteiger charge is 2.45. The number of nitrogens with zero attached hydrogens (tertiary/aromatic N) is 2. The third kappa shape index (κ3) is 2.88. The van der Waals surface area contributed by atoms with Gasteiger partial charge in [0.1, 0.15) is 12.1 Å². The van der Waals surface area contributed by atoms with Gasteiger partial charge in [-0.15, -0.1) is 0 Å². The van der Waals surface area contributed by atoms with Gasteiger partial charge in [0.15, 0.2) is 0 Å². The quantitative estimate of drug-likeness (QED) is 0.738. The van der Waals surface area contributed by atoms with Crippen LogP contribution in [-0.4, -0.2) is 72.9 Å². The lowest BCUT2D eigenvalue weighted by Gasteiger charge is -2.44. The van der Waals surface area contributed by atoms with Crippen LogP contribution in [0, 0.1) is 0 Å². The Balaban J connectivity index is 1.67. The fourth-order valence-electron chi connectivity index (χ4n) is 3.68. The molecule has 8 nitrogen and oxygen atoms in total. The van der Waals surface area contributed by atoms with Crippen LogP contribution in [0.25, 0.3) is 10.8 Å². The number of sulfonamides is 1. The molecular formula is C18H19N3O5S. The molecule has 2 heterocycles. The van der Waals surface area contributed by atoms with E-state index in [9.17, 15) is 23.1 Å². The summed E-state index contributed by atoms with van der Waals surface area (Å²) in [5.74, 6) is -0.837. The molecule has 0 spiro atoms. The fourth-order valence-corrected chi connectivity index (χ4v) is 5.33. The van der Waals surface area contributed by atoms with E-state index < -0.39 is 34.6 Å². The van der Waals surface area contributed by atoms with E-state index in [4.69, 9.17) is 0 Å². The Morgan fingerprint density at radius 1 is 1.07 bits per heavy atom. The van der Waals surface area contributed by atoms with Crippen molar-refractivity contribution < 1.29 is 23.1 Å². The molecule has 0 aliphatic carbocycles. The van der Waals surface area contributed by atoms with E-state index in [1.807, 2.05) is 18.2 Å². The zero-order valence-electron chi connectivity index (χ0n) is 14.4. The molecule has 2 amide bonds. The van der Waals surface area contributed by atoms with Crippen LogP contribution in [0.2, 0.25) is 0 Å². The zero-order valence-corrected chi connectivity index (χ0v) is 15.2. The molecule has 0 aromatic heterocycles. The van der Waals surface area contributed by atoms with Crippen molar-refractivity contribution in [1.29, 1.82) is 0 Å². The molecule has 0 saturated carbocycles. The molecule has 2 aromatic carbocycles. The predicted octanol–water partition coefficient (Wildman–Crippen LogP) is -0.468. The number of aliphatic hydroxyl groups excluding tert-OH is 1. The van der Waals surface area contributed by atoms with Crippen molar-refractivity contribution >= 4 is 32.6 Å². The van der Waals surface area contributed by atoms with Crippen LogP contribution in [0.5, 0.6) is 0 Å². The molecular weight excluding hydrogens is 370 g/mol. The van der Waals surface area contributed by atoms with E-state index in [1.54, 1.807) is 24.3 Å². The molecule has 2 atom stereocenters. The lowest BCUT2D eigenvalue weighted by atomic mass is 10.1. The second-order valence-electron chi connectivity index (χ2n) is 6.63. The van der Waals surface area contributed by atoms with E-state index in [2.05, 4.69) is 5.32 Å². The highest BCUT2D eigenvalue weighted by molar-refractivity contribution is 7.89. The number of piperazine rings is 2. The minimum atomic E-state index is -3.83. The van der Waals surface area contributed by atoms with E-state index in [0.717, 1.165) is 5.39 Å². The number of fused-ring (bicyclic) bond motifs is 2. The topological polar surface area (TPSA) is 107 Å². The van der Waals surface area contributed by atoms with Crippen molar-refractivity contribution in [2.45, 2.75) is 17.0 Å². The van der Waals surface area contributed by atoms with Crippen LogP contribution in [0.15, 0.2) is 47.4 Å². The zero-order chi connectivity index (χ0) is 19.2. The Morgan fingerprint density at radius 3 is 2.59 bits per heavy atom. The van der Waals surface area contributed by atoms with Crippen LogP contribution >= 0.6 is 0 Å². The molecule has 2 aliphatic rings. The minimum absolute atomic E-state index is 0.0965. The highest BCUT2D eigenvalue weighted by Crippen LogP contribution is 2.28. The second kappa shape index (κ2) is 6.59. The van der Waals surface area contributed by atoms with Crippen LogP contribution in [0.4, 0.5) is 0 Å². The Labute approximate surface area is 156 Å². The van der Waals surface area contributed by atoms with E-state index in [-0.39, 0.29) is 30.4 Å². The molecule has 27 heavy (non-hydrogen) atoms. The Kier molecular flexibility index (Phi) is 4.37. The summed E-state index contributed by atoms with van der Waals surface area (Å²) >= 11 is 0. The van der Waals surface area contributed by atoms with Crippen LogP contribution in [0.1, 0.15) is 0 Å². The van der Waals surface area contributed by atoms with Crippen LogP contribution < -0.4 is 5.32 Å². The van der Waals surface area contributed by atoms with Crippen molar-refractivity contribution in [2.75, 3.05) is 26.2 Å². The second-order valence-corrected chi connectivity index (χ2v) is 8.54. The molecule has 2 saturated heterocycles. The number of amides is 2. The summed E-state index contributed by atoms with van der Waals surface area (Å²) < 4.78 is 27.7. The minimum Gasteiger partial charge on any atom is -0.394 e. The molecule has 4 rings (SSSR count). The number of aliphatic hydroxyl groups is 1. The van der Waals surface area contributed by atoms with Gasteiger partial charge in [-0.3, -0.25) is 9.59 Å². The first kappa shape index (κ1) is 17.9. The third-order valence-corrected chi connectivity index (χ3v) is 7.02. The third-order valence-electron chi connectivity index (χ3n) is 5.09. The Morgan fingerprint density at radius 2 is 1.81 bits per heavy atom. The highest BCUT2D eigenvalue weighted by atomic mass is 32.2. The van der Waals surface area contributed by atoms with Crippen LogP contribution in [0.3, 0.4) is 0 Å². The number of hydrogen-bond acceptors (Lipinski definition) is 5. The van der Waals surface area contributed by atoms with Gasteiger partial charge >= 0.3 is 0 Å². The smallest absolute Gasteiger partial charge is 0.248 e. The van der Waals surface area contributed by atoms with Crippen molar-refractivity contribution in [3.63, 3.8) is 0 Å². The predicted molar refractivity (Wildman–Crippen MR) is 97.2 cm³/mol. The van der Waals surface area contributed by atoms with Crippen LogP contribution in [-0.2, 0) is 19.6 Å². The lowest BCUT2D eigenvalue weighted by Crippen LogP contribution is -2.70. The van der Waals surface area contributed by atoms with E-state index in [0.29, 0.717) is 5.39 Å². The van der Waals surface area contributed by atoms with Gasteiger partial charge in [-0.05, 0) is 11.5 Å². The van der Waals surface area contributed by atoms with Gasteiger partial charge in [-0.25, -0.2) is 8.42 Å². The number of hydrogen-bond donors (Lipinski definition) is 2. The SMILES string of the molecule is O=C1N[C@@H](CO)C(=O)N2CCN(S(=O)(=O)c3cccc4ccccc34)C[C@H]12. The molecule has 0 unspecified atom stereocenters. The molecule has 2 aliphatic heterocycles. The summed E-state index contributed by atoms with van der Waals surface area (Å²) in [7, 11) is -3.83. The normalized spacial score (nSPS) is 24.0. The maximum absolute atomic E-state index is 13.2. The molecule has 2 fully saturated rings. The summed E-state index contributed by atoms with van der Waals surface area (Å²) in [6.45, 7) is -0.385. The molecule has 2 N–H and O–H groups in total. The number of rotatable bonds is 3. The van der Waals surface area contributed by atoms with Crippen molar-refractivity contribution in [2.24, 2.45) is 0 Å². The lowest BCUT2D eigenvalue weighted by molar-refractivity contribution is -0.152. The fraction of sp³-hybridized carbons (Fsp3) is 0.333. The van der Waals surface area contributed by atoms with Gasteiger partial charge in [-0.1, -0.05) is 36.4 Å². The average molecular weight is 389 g/mol. The van der Waals surface area contributed by atoms with Gasteiger partial charge in [0.05, 0.1) is 11.5 Å². The first-order valence-corrected chi connectivity index (χ1v) is 10.1. The molecule has 0 bridgehead atoms.